The maximum atomic E-state index is 12.2. The van der Waals surface area contributed by atoms with Gasteiger partial charge in [0.05, 0.1) is 18.8 Å². The molecular formula is C17H26O8. The van der Waals surface area contributed by atoms with E-state index in [0.29, 0.717) is 0 Å². The highest BCUT2D eigenvalue weighted by molar-refractivity contribution is 5.86. The van der Waals surface area contributed by atoms with E-state index in [1.807, 2.05) is 0 Å². The lowest BCUT2D eigenvalue weighted by Gasteiger charge is -2.17. The molecular weight excluding hydrogens is 332 g/mol. The molecule has 3 unspecified atom stereocenters. The Morgan fingerprint density at radius 2 is 1.44 bits per heavy atom. The number of hydrogen-bond donors (Lipinski definition) is 0. The van der Waals surface area contributed by atoms with E-state index < -0.39 is 30.4 Å². The molecule has 1 aliphatic heterocycles. The summed E-state index contributed by atoms with van der Waals surface area (Å²) >= 11 is 0. The van der Waals surface area contributed by atoms with Crippen LogP contribution in [0.2, 0.25) is 0 Å². The normalized spacial score (nSPS) is 31.1. The molecule has 1 saturated carbocycles. The van der Waals surface area contributed by atoms with Gasteiger partial charge in [0.25, 0.3) is 0 Å². The van der Waals surface area contributed by atoms with Gasteiger partial charge in [-0.15, -0.1) is 0 Å². The Bertz CT molecular complexity index is 485. The maximum absolute atomic E-state index is 12.2. The summed E-state index contributed by atoms with van der Waals surface area (Å²) in [6.07, 6.45) is -2.99. The van der Waals surface area contributed by atoms with Gasteiger partial charge in [0.1, 0.15) is 0 Å². The monoisotopic (exact) mass is 358 g/mol. The minimum Gasteiger partial charge on any atom is -0.466 e. The number of carbonyl (C=O) groups excluding carboxylic acids is 3. The Labute approximate surface area is 147 Å². The number of esters is 3. The van der Waals surface area contributed by atoms with Crippen LogP contribution in [0.4, 0.5) is 0 Å². The van der Waals surface area contributed by atoms with Crippen molar-refractivity contribution >= 4 is 17.9 Å². The summed E-state index contributed by atoms with van der Waals surface area (Å²) in [7, 11) is 0. The molecule has 0 bridgehead atoms. The van der Waals surface area contributed by atoms with Gasteiger partial charge in [-0.2, -0.15) is 0 Å². The molecule has 0 aromatic carbocycles. The summed E-state index contributed by atoms with van der Waals surface area (Å²) in [5.74, 6) is -1.60. The predicted molar refractivity (Wildman–Crippen MR) is 84.2 cm³/mol. The Morgan fingerprint density at radius 1 is 0.960 bits per heavy atom. The smallest absolute Gasteiger partial charge is 0.339 e. The van der Waals surface area contributed by atoms with E-state index in [2.05, 4.69) is 0 Å². The van der Waals surface area contributed by atoms with Crippen LogP contribution < -0.4 is 0 Å². The van der Waals surface area contributed by atoms with Gasteiger partial charge in [0.15, 0.2) is 18.5 Å². The van der Waals surface area contributed by atoms with Crippen molar-refractivity contribution in [1.29, 1.82) is 0 Å². The van der Waals surface area contributed by atoms with Crippen LogP contribution in [0.25, 0.3) is 0 Å². The van der Waals surface area contributed by atoms with Crippen LogP contribution in [0.1, 0.15) is 41.0 Å². The largest absolute Gasteiger partial charge is 0.466 e. The van der Waals surface area contributed by atoms with Crippen molar-refractivity contribution in [2.75, 3.05) is 6.61 Å². The van der Waals surface area contributed by atoms with E-state index in [-0.39, 0.29) is 36.6 Å². The van der Waals surface area contributed by atoms with Crippen LogP contribution in [-0.2, 0) is 38.1 Å². The van der Waals surface area contributed by atoms with Crippen LogP contribution in [0, 0.1) is 11.8 Å². The van der Waals surface area contributed by atoms with Crippen LogP contribution in [0.3, 0.4) is 0 Å². The van der Waals surface area contributed by atoms with Crippen LogP contribution in [-0.4, -0.2) is 55.2 Å². The standard InChI is InChI=1S/C17H26O8/c1-8(2)22-15(19)13-14(16(20)23-9(3)4)25-17(24-13)12-6-11(12)7-21-10(5)18/h8-9,11-14,17H,6-7H2,1-5H3/t11-,12?,13+,14?,17?/m0/s1. The van der Waals surface area contributed by atoms with Gasteiger partial charge in [0, 0.05) is 18.8 Å². The minimum atomic E-state index is -1.16. The maximum Gasteiger partial charge on any atom is 0.339 e. The van der Waals surface area contributed by atoms with Gasteiger partial charge in [-0.25, -0.2) is 9.59 Å². The molecule has 2 rings (SSSR count). The first-order chi connectivity index (χ1) is 11.7. The highest BCUT2D eigenvalue weighted by Gasteiger charge is 2.55. The fourth-order valence-corrected chi connectivity index (χ4v) is 2.64. The molecule has 0 N–H and O–H groups in total. The molecule has 5 atom stereocenters. The second-order valence-electron chi connectivity index (χ2n) is 6.92. The van der Waals surface area contributed by atoms with Gasteiger partial charge in [-0.1, -0.05) is 0 Å². The number of carbonyl (C=O) groups is 3. The zero-order valence-corrected chi connectivity index (χ0v) is 15.2. The lowest BCUT2D eigenvalue weighted by Crippen LogP contribution is -2.40. The topological polar surface area (TPSA) is 97.4 Å². The lowest BCUT2D eigenvalue weighted by atomic mass is 10.2. The third-order valence-electron chi connectivity index (χ3n) is 3.83. The van der Waals surface area contributed by atoms with Gasteiger partial charge >= 0.3 is 17.9 Å². The fraction of sp³-hybridized carbons (Fsp3) is 0.824. The minimum absolute atomic E-state index is 0.0365. The molecule has 8 nitrogen and oxygen atoms in total. The zero-order chi connectivity index (χ0) is 18.7. The van der Waals surface area contributed by atoms with Crippen LogP contribution in [0.15, 0.2) is 0 Å². The van der Waals surface area contributed by atoms with Crippen molar-refractivity contribution in [2.24, 2.45) is 11.8 Å². The second kappa shape index (κ2) is 8.14. The predicted octanol–water partition coefficient (Wildman–Crippen LogP) is 1.20. The van der Waals surface area contributed by atoms with Crippen LogP contribution >= 0.6 is 0 Å². The molecule has 0 amide bonds. The molecule has 0 aromatic heterocycles. The molecule has 0 spiro atoms. The number of ether oxygens (including phenoxy) is 5. The third kappa shape index (κ3) is 5.40. The molecule has 25 heavy (non-hydrogen) atoms. The average molecular weight is 358 g/mol. The van der Waals surface area contributed by atoms with Crippen molar-refractivity contribution in [3.8, 4) is 0 Å². The highest BCUT2D eigenvalue weighted by Crippen LogP contribution is 2.46. The Balaban J connectivity index is 1.99. The van der Waals surface area contributed by atoms with E-state index >= 15 is 0 Å². The van der Waals surface area contributed by atoms with Crippen molar-refractivity contribution in [1.82, 2.24) is 0 Å². The second-order valence-corrected chi connectivity index (χ2v) is 6.92. The fourth-order valence-electron chi connectivity index (χ4n) is 2.64. The summed E-state index contributed by atoms with van der Waals surface area (Å²) in [6.45, 7) is 8.46. The first kappa shape index (κ1) is 19.7. The van der Waals surface area contributed by atoms with E-state index in [1.165, 1.54) is 6.92 Å². The lowest BCUT2D eigenvalue weighted by molar-refractivity contribution is -0.167. The number of rotatable bonds is 7. The van der Waals surface area contributed by atoms with Crippen molar-refractivity contribution in [3.63, 3.8) is 0 Å². The molecule has 8 heteroatoms. The highest BCUT2D eigenvalue weighted by atomic mass is 16.8. The summed E-state index contributed by atoms with van der Waals surface area (Å²) in [4.78, 5) is 35.4. The molecule has 0 aromatic rings. The van der Waals surface area contributed by atoms with Crippen molar-refractivity contribution < 1.29 is 38.1 Å². The van der Waals surface area contributed by atoms with Crippen molar-refractivity contribution in [3.05, 3.63) is 0 Å². The zero-order valence-electron chi connectivity index (χ0n) is 15.2. The first-order valence-electron chi connectivity index (χ1n) is 8.54. The SMILES string of the molecule is CC(=O)OC[C@@H]1CC1C1OC(C(=O)OC(C)C)[C@H](C(=O)OC(C)C)O1. The van der Waals surface area contributed by atoms with Crippen molar-refractivity contribution in [2.45, 2.75) is 71.7 Å². The van der Waals surface area contributed by atoms with Crippen LogP contribution in [0.5, 0.6) is 0 Å². The molecule has 1 aliphatic carbocycles. The molecule has 142 valence electrons. The van der Waals surface area contributed by atoms with Gasteiger partial charge in [0.2, 0.25) is 0 Å². The molecule has 2 fully saturated rings. The van der Waals surface area contributed by atoms with E-state index in [4.69, 9.17) is 23.7 Å². The Kier molecular flexibility index (Phi) is 6.40. The van der Waals surface area contributed by atoms with Gasteiger partial charge in [-0.05, 0) is 34.1 Å². The van der Waals surface area contributed by atoms with Gasteiger partial charge < -0.3 is 23.7 Å². The molecule has 1 heterocycles. The molecule has 2 aliphatic rings. The quantitative estimate of drug-likeness (QED) is 0.495. The number of hydrogen-bond acceptors (Lipinski definition) is 8. The van der Waals surface area contributed by atoms with Gasteiger partial charge in [-0.3, -0.25) is 4.79 Å². The Morgan fingerprint density at radius 3 is 1.84 bits per heavy atom. The van der Waals surface area contributed by atoms with E-state index in [9.17, 15) is 14.4 Å². The summed E-state index contributed by atoms with van der Waals surface area (Å²) in [5.41, 5.74) is 0. The third-order valence-corrected chi connectivity index (χ3v) is 3.83. The Hall–Kier alpha value is -1.67. The summed E-state index contributed by atoms with van der Waals surface area (Å²) in [5, 5.41) is 0. The molecule has 0 radical (unpaired) electrons. The average Bonchev–Trinajstić information content (AvgIpc) is 3.11. The summed E-state index contributed by atoms with van der Waals surface area (Å²) in [6, 6.07) is 0. The summed E-state index contributed by atoms with van der Waals surface area (Å²) < 4.78 is 26.6. The molecule has 1 saturated heterocycles. The van der Waals surface area contributed by atoms with E-state index in [1.54, 1.807) is 27.7 Å². The van der Waals surface area contributed by atoms with E-state index in [0.717, 1.165) is 6.42 Å². The first-order valence-corrected chi connectivity index (χ1v) is 8.54.